The fourth-order valence-electron chi connectivity index (χ4n) is 2.37. The minimum absolute atomic E-state index is 0.0369. The first-order valence-electron chi connectivity index (χ1n) is 8.53. The first kappa shape index (κ1) is 21.7. The molecule has 152 valence electrons. The number of hydrogen-bond donors (Lipinski definition) is 1. The highest BCUT2D eigenvalue weighted by atomic mass is 127. The van der Waals surface area contributed by atoms with Crippen molar-refractivity contribution in [2.45, 2.75) is 6.61 Å². The van der Waals surface area contributed by atoms with Gasteiger partial charge in [0.1, 0.15) is 17.5 Å². The van der Waals surface area contributed by atoms with Crippen LogP contribution in [0, 0.1) is 13.7 Å². The maximum Gasteiger partial charge on any atom is 0.274 e. The number of pyridine rings is 1. The lowest BCUT2D eigenvalue weighted by atomic mass is 10.2. The number of hydrogen-bond acceptors (Lipinski definition) is 6. The molecule has 2 aromatic carbocycles. The molecule has 0 aliphatic rings. The van der Waals surface area contributed by atoms with Crippen LogP contribution < -0.4 is 10.2 Å². The number of non-ortho nitro benzene ring substituents is 1. The number of carbonyl (C=O) groups is 1. The van der Waals surface area contributed by atoms with Crippen molar-refractivity contribution in [2.75, 3.05) is 0 Å². The maximum absolute atomic E-state index is 12.0. The number of rotatable bonds is 7. The molecule has 8 nitrogen and oxygen atoms in total. The van der Waals surface area contributed by atoms with Crippen molar-refractivity contribution in [1.82, 2.24) is 10.4 Å². The zero-order chi connectivity index (χ0) is 21.5. The van der Waals surface area contributed by atoms with E-state index in [1.165, 1.54) is 24.5 Å². The molecule has 0 saturated carbocycles. The fourth-order valence-corrected chi connectivity index (χ4v) is 3.27. The third-order valence-electron chi connectivity index (χ3n) is 3.88. The van der Waals surface area contributed by atoms with Crippen LogP contribution in [0.1, 0.15) is 21.5 Å². The summed E-state index contributed by atoms with van der Waals surface area (Å²) in [5.74, 6) is 0.208. The van der Waals surface area contributed by atoms with E-state index < -0.39 is 10.8 Å². The summed E-state index contributed by atoms with van der Waals surface area (Å²) in [7, 11) is 0. The van der Waals surface area contributed by atoms with Crippen LogP contribution in [0.4, 0.5) is 5.69 Å². The van der Waals surface area contributed by atoms with Gasteiger partial charge in [-0.2, -0.15) is 5.10 Å². The number of ether oxygens (including phenoxy) is 1. The lowest BCUT2D eigenvalue weighted by Gasteiger charge is -2.09. The molecule has 0 aliphatic carbocycles. The molecule has 1 amide bonds. The minimum Gasteiger partial charge on any atom is -0.488 e. The van der Waals surface area contributed by atoms with Gasteiger partial charge >= 0.3 is 0 Å². The van der Waals surface area contributed by atoms with Crippen molar-refractivity contribution in [2.24, 2.45) is 5.10 Å². The zero-order valence-corrected chi connectivity index (χ0v) is 18.2. The zero-order valence-electron chi connectivity index (χ0n) is 15.3. The van der Waals surface area contributed by atoms with Gasteiger partial charge in [-0.3, -0.25) is 14.9 Å². The SMILES string of the molecule is O=C(NN=Cc1ccc(OCc2ccc([N+](=O)[O-])cc2)c(I)c1)c1cccnc1Cl. The minimum atomic E-state index is -0.456. The van der Waals surface area contributed by atoms with E-state index in [1.807, 2.05) is 6.07 Å². The Morgan fingerprint density at radius 2 is 2.03 bits per heavy atom. The molecule has 30 heavy (non-hydrogen) atoms. The molecule has 1 heterocycles. The van der Waals surface area contributed by atoms with Crippen LogP contribution in [-0.2, 0) is 6.61 Å². The molecule has 1 aromatic heterocycles. The number of nitro benzene ring substituents is 1. The van der Waals surface area contributed by atoms with E-state index in [1.54, 1.807) is 36.4 Å². The first-order chi connectivity index (χ1) is 14.4. The van der Waals surface area contributed by atoms with Crippen LogP contribution in [0.2, 0.25) is 5.15 Å². The number of hydrazone groups is 1. The summed E-state index contributed by atoms with van der Waals surface area (Å²) in [6.07, 6.45) is 3.00. The number of aromatic nitrogens is 1. The van der Waals surface area contributed by atoms with E-state index >= 15 is 0 Å². The number of nitro groups is 1. The standard InChI is InChI=1S/C20H14ClIN4O4/c21-19-16(2-1-9-23-19)20(27)25-24-11-14-5-8-18(17(22)10-14)30-12-13-3-6-15(7-4-13)26(28)29/h1-11H,12H2,(H,25,27). The Morgan fingerprint density at radius 3 is 2.70 bits per heavy atom. The Bertz CT molecular complexity index is 1110. The van der Waals surface area contributed by atoms with Gasteiger partial charge in [0, 0.05) is 18.3 Å². The molecule has 0 bridgehead atoms. The van der Waals surface area contributed by atoms with Crippen molar-refractivity contribution >= 4 is 52.0 Å². The molecule has 10 heteroatoms. The van der Waals surface area contributed by atoms with Crippen LogP contribution in [-0.4, -0.2) is 22.0 Å². The smallest absolute Gasteiger partial charge is 0.274 e. The van der Waals surface area contributed by atoms with Crippen LogP contribution in [0.15, 0.2) is 65.9 Å². The Hall–Kier alpha value is -3.05. The van der Waals surface area contributed by atoms with Crippen molar-refractivity contribution in [3.05, 3.63) is 96.3 Å². The monoisotopic (exact) mass is 536 g/mol. The predicted molar refractivity (Wildman–Crippen MR) is 121 cm³/mol. The van der Waals surface area contributed by atoms with E-state index in [0.717, 1.165) is 14.7 Å². The molecule has 3 aromatic rings. The number of amides is 1. The highest BCUT2D eigenvalue weighted by molar-refractivity contribution is 14.1. The van der Waals surface area contributed by atoms with Gasteiger partial charge in [0.25, 0.3) is 11.6 Å². The summed E-state index contributed by atoms with van der Waals surface area (Å²) in [6, 6.07) is 14.8. The summed E-state index contributed by atoms with van der Waals surface area (Å²) in [5.41, 5.74) is 4.26. The normalized spacial score (nSPS) is 10.7. The second-order valence-corrected chi connectivity index (χ2v) is 7.46. The maximum atomic E-state index is 12.0. The quantitative estimate of drug-likeness (QED) is 0.156. The largest absolute Gasteiger partial charge is 0.488 e. The van der Waals surface area contributed by atoms with Crippen LogP contribution >= 0.6 is 34.2 Å². The van der Waals surface area contributed by atoms with Gasteiger partial charge in [-0.05, 0) is 76.2 Å². The van der Waals surface area contributed by atoms with Crippen molar-refractivity contribution in [3.63, 3.8) is 0 Å². The second kappa shape index (κ2) is 10.1. The van der Waals surface area contributed by atoms with E-state index in [2.05, 4.69) is 38.1 Å². The van der Waals surface area contributed by atoms with Gasteiger partial charge < -0.3 is 4.74 Å². The molecule has 0 saturated heterocycles. The Labute approximate surface area is 190 Å². The average Bonchev–Trinajstić information content (AvgIpc) is 2.73. The van der Waals surface area contributed by atoms with E-state index in [0.29, 0.717) is 5.75 Å². The highest BCUT2D eigenvalue weighted by Crippen LogP contribution is 2.23. The summed E-state index contributed by atoms with van der Waals surface area (Å²) in [6.45, 7) is 0.281. The van der Waals surface area contributed by atoms with Crippen LogP contribution in [0.25, 0.3) is 0 Å². The fraction of sp³-hybridized carbons (Fsp3) is 0.0500. The molecular weight excluding hydrogens is 523 g/mol. The van der Waals surface area contributed by atoms with Crippen LogP contribution in [0.3, 0.4) is 0 Å². The highest BCUT2D eigenvalue weighted by Gasteiger charge is 2.09. The molecule has 0 spiro atoms. The van der Waals surface area contributed by atoms with Gasteiger partial charge in [-0.15, -0.1) is 0 Å². The molecule has 0 fully saturated rings. The average molecular weight is 537 g/mol. The Balaban J connectivity index is 1.58. The molecule has 1 N–H and O–H groups in total. The molecule has 0 radical (unpaired) electrons. The van der Waals surface area contributed by atoms with Crippen LogP contribution in [0.5, 0.6) is 5.75 Å². The molecule has 0 unspecified atom stereocenters. The number of nitrogens with one attached hydrogen (secondary N) is 1. The summed E-state index contributed by atoms with van der Waals surface area (Å²) >= 11 is 8.01. The van der Waals surface area contributed by atoms with E-state index in [9.17, 15) is 14.9 Å². The lowest BCUT2D eigenvalue weighted by Crippen LogP contribution is -2.18. The van der Waals surface area contributed by atoms with Gasteiger partial charge in [0.2, 0.25) is 0 Å². The molecule has 0 atom stereocenters. The van der Waals surface area contributed by atoms with Gasteiger partial charge in [0.05, 0.1) is 20.3 Å². The van der Waals surface area contributed by atoms with Crippen molar-refractivity contribution in [3.8, 4) is 5.75 Å². The number of benzene rings is 2. The number of halogens is 2. The summed E-state index contributed by atoms with van der Waals surface area (Å²) in [4.78, 5) is 26.1. The van der Waals surface area contributed by atoms with Gasteiger partial charge in [-0.1, -0.05) is 11.6 Å². The molecule has 3 rings (SSSR count). The van der Waals surface area contributed by atoms with E-state index in [-0.39, 0.29) is 23.0 Å². The Morgan fingerprint density at radius 1 is 1.27 bits per heavy atom. The van der Waals surface area contributed by atoms with Crippen molar-refractivity contribution < 1.29 is 14.5 Å². The van der Waals surface area contributed by atoms with Gasteiger partial charge in [0.15, 0.2) is 0 Å². The predicted octanol–water partition coefficient (Wildman–Crippen LogP) is 4.59. The number of nitrogens with zero attached hydrogens (tertiary/aromatic N) is 3. The third-order valence-corrected chi connectivity index (χ3v) is 5.03. The van der Waals surface area contributed by atoms with Crippen molar-refractivity contribution in [1.29, 1.82) is 0 Å². The summed E-state index contributed by atoms with van der Waals surface area (Å²) < 4.78 is 6.63. The Kier molecular flexibility index (Phi) is 7.31. The lowest BCUT2D eigenvalue weighted by molar-refractivity contribution is -0.384. The molecule has 0 aliphatic heterocycles. The topological polar surface area (TPSA) is 107 Å². The van der Waals surface area contributed by atoms with E-state index in [4.69, 9.17) is 16.3 Å². The second-order valence-electron chi connectivity index (χ2n) is 5.94. The first-order valence-corrected chi connectivity index (χ1v) is 9.99. The molecular formula is C20H14ClIN4O4. The van der Waals surface area contributed by atoms with Gasteiger partial charge in [-0.25, -0.2) is 10.4 Å². The summed E-state index contributed by atoms with van der Waals surface area (Å²) in [5, 5.41) is 14.7. The number of carbonyl (C=O) groups excluding carboxylic acids is 1. The third kappa shape index (κ3) is 5.74.